The van der Waals surface area contributed by atoms with Crippen LogP contribution in [0.4, 0.5) is 4.39 Å². The molecule has 0 heterocycles. The Hall–Kier alpha value is -1.00. The van der Waals surface area contributed by atoms with Crippen LogP contribution in [-0.2, 0) is 11.3 Å². The van der Waals surface area contributed by atoms with Crippen molar-refractivity contribution in [2.45, 2.75) is 39.9 Å². The summed E-state index contributed by atoms with van der Waals surface area (Å²) in [6.45, 7) is 6.55. The third-order valence-electron chi connectivity index (χ3n) is 2.66. The highest BCUT2D eigenvalue weighted by atomic mass is 32.1. The van der Waals surface area contributed by atoms with E-state index in [-0.39, 0.29) is 23.5 Å². The Morgan fingerprint density at radius 3 is 2.56 bits per heavy atom. The van der Waals surface area contributed by atoms with Gasteiger partial charge in [0.15, 0.2) is 0 Å². The van der Waals surface area contributed by atoms with Crippen LogP contribution in [0.25, 0.3) is 0 Å². The summed E-state index contributed by atoms with van der Waals surface area (Å²) in [6, 6.07) is 4.75. The first kappa shape index (κ1) is 15.1. The molecule has 0 aromatic heterocycles. The summed E-state index contributed by atoms with van der Waals surface area (Å²) in [7, 11) is 0. The molecule has 0 saturated heterocycles. The van der Waals surface area contributed by atoms with Crippen molar-refractivity contribution in [2.75, 3.05) is 0 Å². The second-order valence-electron chi connectivity index (χ2n) is 4.92. The highest BCUT2D eigenvalue weighted by Gasteiger charge is 2.09. The van der Waals surface area contributed by atoms with Crippen molar-refractivity contribution in [1.82, 2.24) is 0 Å². The molecule has 0 aliphatic heterocycles. The highest BCUT2D eigenvalue weighted by Crippen LogP contribution is 2.14. The maximum absolute atomic E-state index is 13.7. The fourth-order valence-electron chi connectivity index (χ4n) is 1.78. The lowest BCUT2D eigenvalue weighted by atomic mass is 10.1. The fourth-order valence-corrected chi connectivity index (χ4v) is 1.91. The molecule has 1 unspecified atom stereocenters. The number of thiocarbonyl (C=S) groups is 1. The minimum absolute atomic E-state index is 0.125. The van der Waals surface area contributed by atoms with Gasteiger partial charge in [-0.15, -0.1) is 0 Å². The van der Waals surface area contributed by atoms with Gasteiger partial charge in [-0.25, -0.2) is 4.39 Å². The molecule has 2 N–H and O–H groups in total. The predicted molar refractivity (Wildman–Crippen MR) is 76.0 cm³/mol. The number of rotatable bonds is 6. The van der Waals surface area contributed by atoms with Gasteiger partial charge in [0.25, 0.3) is 0 Å². The fraction of sp³-hybridized carbons (Fsp3) is 0.500. The van der Waals surface area contributed by atoms with Crippen molar-refractivity contribution in [3.05, 3.63) is 35.1 Å². The normalized spacial score (nSPS) is 12.7. The average Bonchev–Trinajstić information content (AvgIpc) is 2.26. The summed E-state index contributed by atoms with van der Waals surface area (Å²) >= 11 is 4.80. The summed E-state index contributed by atoms with van der Waals surface area (Å²) < 4.78 is 19.3. The molecule has 100 valence electrons. The lowest BCUT2D eigenvalue weighted by Gasteiger charge is -2.15. The molecule has 0 aliphatic rings. The molecule has 0 fully saturated rings. The maximum Gasteiger partial charge on any atom is 0.129 e. The Morgan fingerprint density at radius 2 is 2.06 bits per heavy atom. The number of hydrogen-bond acceptors (Lipinski definition) is 2. The summed E-state index contributed by atoms with van der Waals surface area (Å²) in [5, 5.41) is 0. The molecular weight excluding hydrogens is 249 g/mol. The van der Waals surface area contributed by atoms with Crippen LogP contribution >= 0.6 is 12.2 Å². The third kappa shape index (κ3) is 4.70. The van der Waals surface area contributed by atoms with E-state index < -0.39 is 0 Å². The second-order valence-corrected chi connectivity index (χ2v) is 5.36. The zero-order valence-corrected chi connectivity index (χ0v) is 11.9. The van der Waals surface area contributed by atoms with E-state index in [1.807, 2.05) is 6.92 Å². The Balaban J connectivity index is 2.60. The largest absolute Gasteiger partial charge is 0.389 e. The average molecular weight is 269 g/mol. The van der Waals surface area contributed by atoms with Crippen molar-refractivity contribution in [1.29, 1.82) is 0 Å². The Kier molecular flexibility index (Phi) is 5.69. The van der Waals surface area contributed by atoms with Gasteiger partial charge in [0.05, 0.1) is 12.7 Å². The molecule has 0 radical (unpaired) electrons. The molecule has 4 heteroatoms. The van der Waals surface area contributed by atoms with Crippen molar-refractivity contribution >= 4 is 17.2 Å². The molecular formula is C14H20FNOS. The van der Waals surface area contributed by atoms with E-state index in [9.17, 15) is 4.39 Å². The zero-order valence-electron chi connectivity index (χ0n) is 11.1. The number of hydrogen-bond donors (Lipinski definition) is 1. The molecule has 1 aromatic carbocycles. The molecule has 0 amide bonds. The van der Waals surface area contributed by atoms with Crippen LogP contribution in [0.5, 0.6) is 0 Å². The van der Waals surface area contributed by atoms with E-state index in [1.54, 1.807) is 12.1 Å². The van der Waals surface area contributed by atoms with Gasteiger partial charge in [0.1, 0.15) is 10.8 Å². The molecule has 0 saturated carbocycles. The van der Waals surface area contributed by atoms with Gasteiger partial charge in [-0.2, -0.15) is 0 Å². The van der Waals surface area contributed by atoms with E-state index in [0.29, 0.717) is 17.0 Å². The Labute approximate surface area is 113 Å². The molecule has 1 aromatic rings. The minimum Gasteiger partial charge on any atom is -0.389 e. The number of ether oxygens (including phenoxy) is 1. The third-order valence-corrected chi connectivity index (χ3v) is 2.90. The van der Waals surface area contributed by atoms with Gasteiger partial charge >= 0.3 is 0 Å². The number of halogens is 1. The lowest BCUT2D eigenvalue weighted by Crippen LogP contribution is -2.13. The molecule has 1 atom stereocenters. The first-order valence-corrected chi connectivity index (χ1v) is 6.50. The molecule has 1 rings (SSSR count). The summed E-state index contributed by atoms with van der Waals surface area (Å²) in [5.41, 5.74) is 6.52. The smallest absolute Gasteiger partial charge is 0.129 e. The predicted octanol–water partition coefficient (Wildman–Crippen LogP) is 3.41. The van der Waals surface area contributed by atoms with E-state index in [0.717, 1.165) is 6.42 Å². The molecule has 0 aliphatic carbocycles. The monoisotopic (exact) mass is 269 g/mol. The standard InChI is InChI=1S/C14H20FNOS/c1-9(2)6-10(3)17-8-12-5-4-11(14(16)18)7-13(12)15/h4-5,7,9-10H,6,8H2,1-3H3,(H2,16,18). The van der Waals surface area contributed by atoms with Crippen LogP contribution in [0, 0.1) is 11.7 Å². The van der Waals surface area contributed by atoms with Crippen LogP contribution in [0.3, 0.4) is 0 Å². The van der Waals surface area contributed by atoms with Gasteiger partial charge in [-0.05, 0) is 25.3 Å². The number of nitrogens with two attached hydrogens (primary N) is 1. The summed E-state index contributed by atoms with van der Waals surface area (Å²) in [5.74, 6) is 0.249. The Morgan fingerprint density at radius 1 is 1.39 bits per heavy atom. The number of benzene rings is 1. The van der Waals surface area contributed by atoms with Gasteiger partial charge in [0, 0.05) is 11.1 Å². The minimum atomic E-state index is -0.322. The summed E-state index contributed by atoms with van der Waals surface area (Å²) in [6.07, 6.45) is 1.09. The van der Waals surface area contributed by atoms with E-state index in [2.05, 4.69) is 13.8 Å². The van der Waals surface area contributed by atoms with Gasteiger partial charge in [-0.1, -0.05) is 38.2 Å². The summed E-state index contributed by atoms with van der Waals surface area (Å²) in [4.78, 5) is 0.203. The highest BCUT2D eigenvalue weighted by molar-refractivity contribution is 7.80. The van der Waals surface area contributed by atoms with E-state index >= 15 is 0 Å². The van der Waals surface area contributed by atoms with Crippen molar-refractivity contribution in [3.63, 3.8) is 0 Å². The first-order valence-electron chi connectivity index (χ1n) is 6.10. The van der Waals surface area contributed by atoms with Crippen LogP contribution in [0.2, 0.25) is 0 Å². The van der Waals surface area contributed by atoms with E-state index in [4.69, 9.17) is 22.7 Å². The van der Waals surface area contributed by atoms with Crippen LogP contribution in [0.15, 0.2) is 18.2 Å². The van der Waals surface area contributed by atoms with Crippen molar-refractivity contribution < 1.29 is 9.13 Å². The topological polar surface area (TPSA) is 35.2 Å². The molecule has 2 nitrogen and oxygen atoms in total. The van der Waals surface area contributed by atoms with Crippen LogP contribution in [0.1, 0.15) is 38.3 Å². The molecule has 0 bridgehead atoms. The second kappa shape index (κ2) is 6.81. The van der Waals surface area contributed by atoms with Crippen LogP contribution < -0.4 is 5.73 Å². The lowest BCUT2D eigenvalue weighted by molar-refractivity contribution is 0.0382. The van der Waals surface area contributed by atoms with Gasteiger partial charge in [-0.3, -0.25) is 0 Å². The van der Waals surface area contributed by atoms with Crippen LogP contribution in [-0.4, -0.2) is 11.1 Å². The maximum atomic E-state index is 13.7. The first-order chi connectivity index (χ1) is 8.40. The van der Waals surface area contributed by atoms with E-state index in [1.165, 1.54) is 6.07 Å². The van der Waals surface area contributed by atoms with Crippen molar-refractivity contribution in [2.24, 2.45) is 11.7 Å². The van der Waals surface area contributed by atoms with Gasteiger partial charge < -0.3 is 10.5 Å². The van der Waals surface area contributed by atoms with Gasteiger partial charge in [0.2, 0.25) is 0 Å². The molecule has 0 spiro atoms. The molecule has 18 heavy (non-hydrogen) atoms. The quantitative estimate of drug-likeness (QED) is 0.804. The zero-order chi connectivity index (χ0) is 13.7. The Bertz CT molecular complexity index is 420. The van der Waals surface area contributed by atoms with Crippen molar-refractivity contribution in [3.8, 4) is 0 Å². The SMILES string of the molecule is CC(C)CC(C)OCc1ccc(C(N)=S)cc1F.